The molecule has 3 heterocycles. The number of H-pyrrole nitrogens is 1. The lowest BCUT2D eigenvalue weighted by Gasteiger charge is -2.09. The van der Waals surface area contributed by atoms with Crippen molar-refractivity contribution in [3.8, 4) is 11.3 Å². The first kappa shape index (κ1) is 17.7. The molecule has 1 saturated carbocycles. The van der Waals surface area contributed by atoms with Crippen molar-refractivity contribution in [1.82, 2.24) is 30.2 Å². The molecular weight excluding hydrogens is 388 g/mol. The molecular formula is C20H18N6O2S. The third-order valence-corrected chi connectivity index (χ3v) is 5.32. The molecule has 1 fully saturated rings. The molecule has 4 aromatic rings. The molecule has 0 radical (unpaired) electrons. The Morgan fingerprint density at radius 1 is 1.34 bits per heavy atom. The summed E-state index contributed by atoms with van der Waals surface area (Å²) in [5.41, 5.74) is 2.99. The van der Waals surface area contributed by atoms with E-state index in [1.165, 1.54) is 0 Å². The van der Waals surface area contributed by atoms with Crippen LogP contribution in [-0.2, 0) is 6.54 Å². The van der Waals surface area contributed by atoms with E-state index in [1.54, 1.807) is 13.0 Å². The van der Waals surface area contributed by atoms with Crippen molar-refractivity contribution >= 4 is 29.2 Å². The van der Waals surface area contributed by atoms with Crippen molar-refractivity contribution in [3.05, 3.63) is 58.3 Å². The number of carbonyl (C=O) groups excluding carboxylic acids is 1. The lowest BCUT2D eigenvalue weighted by atomic mass is 10.1. The summed E-state index contributed by atoms with van der Waals surface area (Å²) >= 11 is 5.31. The number of nitrogens with zero attached hydrogens (tertiary/aromatic N) is 4. The molecule has 1 aliphatic carbocycles. The van der Waals surface area contributed by atoms with E-state index in [4.69, 9.17) is 16.7 Å². The maximum absolute atomic E-state index is 13.1. The van der Waals surface area contributed by atoms with Gasteiger partial charge >= 0.3 is 0 Å². The van der Waals surface area contributed by atoms with E-state index in [9.17, 15) is 4.79 Å². The Kier molecular flexibility index (Phi) is 4.24. The molecule has 8 nitrogen and oxygen atoms in total. The largest absolute Gasteiger partial charge is 0.345 e. The van der Waals surface area contributed by atoms with Gasteiger partial charge in [0.2, 0.25) is 0 Å². The van der Waals surface area contributed by atoms with E-state index in [0.717, 1.165) is 24.2 Å². The highest BCUT2D eigenvalue weighted by Crippen LogP contribution is 2.35. The van der Waals surface area contributed by atoms with Gasteiger partial charge in [-0.25, -0.2) is 4.98 Å². The zero-order chi connectivity index (χ0) is 20.0. The molecule has 29 heavy (non-hydrogen) atoms. The summed E-state index contributed by atoms with van der Waals surface area (Å²) in [4.78, 5) is 17.6. The molecule has 2 N–H and O–H groups in total. The van der Waals surface area contributed by atoms with Crippen molar-refractivity contribution in [2.24, 2.45) is 0 Å². The number of hydrogen-bond donors (Lipinski definition) is 2. The van der Waals surface area contributed by atoms with Crippen molar-refractivity contribution in [1.29, 1.82) is 0 Å². The maximum atomic E-state index is 13.1. The lowest BCUT2D eigenvalue weighted by Crippen LogP contribution is -2.25. The van der Waals surface area contributed by atoms with Gasteiger partial charge in [-0.2, -0.15) is 5.10 Å². The second kappa shape index (κ2) is 6.93. The summed E-state index contributed by atoms with van der Waals surface area (Å²) in [6.07, 6.45) is 2.17. The summed E-state index contributed by atoms with van der Waals surface area (Å²) in [7, 11) is 0. The number of nitrogens with one attached hydrogen (secondary N) is 2. The molecule has 0 saturated heterocycles. The van der Waals surface area contributed by atoms with Gasteiger partial charge in [0, 0.05) is 11.6 Å². The number of fused-ring (bicyclic) bond motifs is 1. The minimum atomic E-state index is -0.239. The van der Waals surface area contributed by atoms with Gasteiger partial charge in [-0.05, 0) is 38.0 Å². The van der Waals surface area contributed by atoms with Gasteiger partial charge in [0.05, 0.1) is 28.9 Å². The van der Waals surface area contributed by atoms with Crippen molar-refractivity contribution in [2.75, 3.05) is 0 Å². The van der Waals surface area contributed by atoms with E-state index in [0.29, 0.717) is 38.9 Å². The minimum Gasteiger partial charge on any atom is -0.345 e. The van der Waals surface area contributed by atoms with Crippen LogP contribution in [0.4, 0.5) is 0 Å². The average Bonchev–Trinajstić information content (AvgIpc) is 3.41. The Hall–Kier alpha value is -3.33. The van der Waals surface area contributed by atoms with Crippen molar-refractivity contribution in [2.45, 2.75) is 32.4 Å². The number of hydrogen-bond acceptors (Lipinski definition) is 6. The molecule has 9 heteroatoms. The molecule has 1 aromatic carbocycles. The Balaban J connectivity index is 1.49. The first-order chi connectivity index (χ1) is 14.1. The molecule has 0 spiro atoms. The Morgan fingerprint density at radius 2 is 2.14 bits per heavy atom. The van der Waals surface area contributed by atoms with Crippen LogP contribution in [-0.4, -0.2) is 30.8 Å². The van der Waals surface area contributed by atoms with E-state index >= 15 is 0 Å². The summed E-state index contributed by atoms with van der Waals surface area (Å²) in [5, 5.41) is 14.6. The summed E-state index contributed by atoms with van der Waals surface area (Å²) in [6, 6.07) is 11.8. The molecule has 5 rings (SSSR count). The van der Waals surface area contributed by atoms with Crippen LogP contribution in [0, 0.1) is 11.7 Å². The number of carbonyl (C=O) groups is 1. The number of aromatic nitrogens is 5. The van der Waals surface area contributed by atoms with Crippen LogP contribution in [0.3, 0.4) is 0 Å². The van der Waals surface area contributed by atoms with Crippen LogP contribution in [0.5, 0.6) is 0 Å². The van der Waals surface area contributed by atoms with Crippen molar-refractivity contribution in [3.63, 3.8) is 0 Å². The van der Waals surface area contributed by atoms with E-state index in [-0.39, 0.29) is 12.5 Å². The molecule has 0 unspecified atom stereocenters. The molecule has 0 bridgehead atoms. The van der Waals surface area contributed by atoms with Gasteiger partial charge in [0.15, 0.2) is 10.6 Å². The van der Waals surface area contributed by atoms with E-state index in [1.807, 2.05) is 34.9 Å². The summed E-state index contributed by atoms with van der Waals surface area (Å²) in [5.74, 6) is 0.485. The van der Waals surface area contributed by atoms with Gasteiger partial charge < -0.3 is 9.84 Å². The third-order valence-electron chi connectivity index (χ3n) is 5.03. The highest BCUT2D eigenvalue weighted by molar-refractivity contribution is 7.71. The lowest BCUT2D eigenvalue weighted by molar-refractivity contribution is 0.0951. The van der Waals surface area contributed by atoms with E-state index < -0.39 is 0 Å². The van der Waals surface area contributed by atoms with Crippen LogP contribution < -0.4 is 5.32 Å². The van der Waals surface area contributed by atoms with E-state index in [2.05, 4.69) is 25.7 Å². The topological polar surface area (TPSA) is 102 Å². The fourth-order valence-electron chi connectivity index (χ4n) is 3.46. The Bertz CT molecular complexity index is 1270. The summed E-state index contributed by atoms with van der Waals surface area (Å²) in [6.45, 7) is 2.07. The quantitative estimate of drug-likeness (QED) is 0.490. The number of amides is 1. The molecule has 3 aromatic heterocycles. The Morgan fingerprint density at radius 3 is 2.90 bits per heavy atom. The molecule has 1 aliphatic rings. The molecule has 1 amide bonds. The minimum absolute atomic E-state index is 0.239. The highest BCUT2D eigenvalue weighted by atomic mass is 32.1. The van der Waals surface area contributed by atoms with Crippen LogP contribution in [0.2, 0.25) is 0 Å². The predicted octanol–water partition coefficient (Wildman–Crippen LogP) is 3.72. The fraction of sp³-hybridized carbons (Fsp3) is 0.250. The number of benzene rings is 1. The second-order valence-electron chi connectivity index (χ2n) is 7.10. The number of rotatable bonds is 5. The van der Waals surface area contributed by atoms with Crippen molar-refractivity contribution < 1.29 is 9.32 Å². The molecule has 0 aliphatic heterocycles. The first-order valence-electron chi connectivity index (χ1n) is 9.38. The number of aromatic amines is 1. The normalized spacial score (nSPS) is 13.7. The van der Waals surface area contributed by atoms with Gasteiger partial charge in [-0.15, -0.1) is 0 Å². The van der Waals surface area contributed by atoms with Crippen LogP contribution in [0.25, 0.3) is 22.4 Å². The zero-order valence-corrected chi connectivity index (χ0v) is 16.5. The van der Waals surface area contributed by atoms with Gasteiger partial charge in [0.25, 0.3) is 11.6 Å². The van der Waals surface area contributed by atoms with Gasteiger partial charge in [0.1, 0.15) is 0 Å². The average molecular weight is 406 g/mol. The third kappa shape index (κ3) is 3.23. The monoisotopic (exact) mass is 406 g/mol. The predicted molar refractivity (Wildman–Crippen MR) is 109 cm³/mol. The molecule has 146 valence electrons. The summed E-state index contributed by atoms with van der Waals surface area (Å²) < 4.78 is 7.92. The smallest absolute Gasteiger partial charge is 0.259 e. The Labute approximate surface area is 170 Å². The number of aryl methyl sites for hydroxylation is 1. The van der Waals surface area contributed by atoms with Gasteiger partial charge in [-0.3, -0.25) is 14.5 Å². The van der Waals surface area contributed by atoms with Crippen LogP contribution >= 0.6 is 12.2 Å². The second-order valence-corrected chi connectivity index (χ2v) is 7.48. The zero-order valence-electron chi connectivity index (χ0n) is 15.7. The molecule has 0 atom stereocenters. The van der Waals surface area contributed by atoms with Gasteiger partial charge in [-0.1, -0.05) is 35.5 Å². The SMILES string of the molecule is Cc1noc2nc(-c3ccccc3)cc(C(=O)NCc3n[nH]c(=S)n3C3CC3)c12. The van der Waals surface area contributed by atoms with Crippen LogP contribution in [0.1, 0.15) is 40.8 Å². The fourth-order valence-corrected chi connectivity index (χ4v) is 3.76. The van der Waals surface area contributed by atoms with Crippen LogP contribution in [0.15, 0.2) is 40.9 Å². The maximum Gasteiger partial charge on any atom is 0.259 e. The standard InChI is InChI=1S/C20H18N6O2S/c1-11-17-14(9-15(22-19(17)28-25-11)12-5-3-2-4-6-12)18(27)21-10-16-23-24-20(29)26(16)13-7-8-13/h2-6,9,13H,7-8,10H2,1H3,(H,21,27)(H,24,29). The first-order valence-corrected chi connectivity index (χ1v) is 9.79. The number of pyridine rings is 1. The highest BCUT2D eigenvalue weighted by Gasteiger charge is 2.27.